The molecule has 1 fully saturated rings. The summed E-state index contributed by atoms with van der Waals surface area (Å²) in [6.45, 7) is 0. The van der Waals surface area contributed by atoms with Crippen molar-refractivity contribution in [2.24, 2.45) is 0 Å². The van der Waals surface area contributed by atoms with Gasteiger partial charge in [-0.3, -0.25) is 4.84 Å². The van der Waals surface area contributed by atoms with Gasteiger partial charge in [0.2, 0.25) is 5.60 Å². The van der Waals surface area contributed by atoms with Crippen molar-refractivity contribution in [3.63, 3.8) is 0 Å². The van der Waals surface area contributed by atoms with Crippen LogP contribution in [0.3, 0.4) is 0 Å². The van der Waals surface area contributed by atoms with Crippen LogP contribution in [0.5, 0.6) is 0 Å². The first-order valence-electron chi connectivity index (χ1n) is 7.50. The largest absolute Gasteiger partial charge is 0.423 e. The molecule has 2 unspecified atom stereocenters. The van der Waals surface area contributed by atoms with Gasteiger partial charge in [0, 0.05) is 29.2 Å². The summed E-state index contributed by atoms with van der Waals surface area (Å²) in [5.41, 5.74) is 1.36. The van der Waals surface area contributed by atoms with Gasteiger partial charge in [0.1, 0.15) is 0 Å². The van der Waals surface area contributed by atoms with Crippen LogP contribution in [0.15, 0.2) is 42.5 Å². The first-order valence-corrected chi connectivity index (χ1v) is 8.25. The number of benzene rings is 2. The highest BCUT2D eigenvalue weighted by molar-refractivity contribution is 6.34. The molecule has 0 radical (unpaired) electrons. The van der Waals surface area contributed by atoms with Crippen molar-refractivity contribution in [2.45, 2.75) is 24.2 Å². The Balaban J connectivity index is 2.01. The van der Waals surface area contributed by atoms with E-state index in [-0.39, 0.29) is 22.0 Å². The van der Waals surface area contributed by atoms with Crippen LogP contribution in [0.2, 0.25) is 10.0 Å². The zero-order chi connectivity index (χ0) is 18.2. The highest BCUT2D eigenvalue weighted by Gasteiger charge is 2.62. The van der Waals surface area contributed by atoms with Gasteiger partial charge in [-0.25, -0.2) is 0 Å². The second-order valence-corrected chi connectivity index (χ2v) is 6.71. The second kappa shape index (κ2) is 6.68. The van der Waals surface area contributed by atoms with Gasteiger partial charge in [-0.1, -0.05) is 35.3 Å². The maximum atomic E-state index is 13.9. The van der Waals surface area contributed by atoms with E-state index in [0.717, 1.165) is 5.69 Å². The molecule has 0 aliphatic carbocycles. The topological polar surface area (TPSA) is 33.3 Å². The molecule has 134 valence electrons. The van der Waals surface area contributed by atoms with Crippen LogP contribution in [0.25, 0.3) is 0 Å². The van der Waals surface area contributed by atoms with E-state index < -0.39 is 17.8 Å². The molecular formula is C17H15Cl2F3N2O. The average molecular weight is 391 g/mol. The number of rotatable bonds is 3. The third-order valence-corrected chi connectivity index (χ3v) is 4.67. The molecule has 0 bridgehead atoms. The summed E-state index contributed by atoms with van der Waals surface area (Å²) >= 11 is 11.8. The fraction of sp³-hybridized carbons (Fsp3) is 0.294. The highest BCUT2D eigenvalue weighted by atomic mass is 35.5. The summed E-state index contributed by atoms with van der Waals surface area (Å²) < 4.78 is 41.8. The molecule has 0 aromatic heterocycles. The smallest absolute Gasteiger partial charge is 0.388 e. The molecule has 2 N–H and O–H groups in total. The Hall–Kier alpha value is -1.47. The molecule has 1 saturated heterocycles. The van der Waals surface area contributed by atoms with Crippen molar-refractivity contribution in [3.8, 4) is 0 Å². The molecule has 2 aromatic rings. The van der Waals surface area contributed by atoms with Crippen LogP contribution < -0.4 is 10.8 Å². The van der Waals surface area contributed by atoms with Crippen LogP contribution in [0, 0.1) is 0 Å². The van der Waals surface area contributed by atoms with Gasteiger partial charge in [-0.15, -0.1) is 0 Å². The number of anilines is 1. The lowest BCUT2D eigenvalue weighted by Crippen LogP contribution is -2.42. The number of hydroxylamine groups is 1. The standard InChI is InChI=1S/C17H15Cl2F3N2O/c1-23-14-4-2-3-10(5-14)15-9-16(25-24-15,17(20,21)22)11-6-12(18)8-13(19)7-11/h2-8,15,23-24H,9H2,1H3. The minimum Gasteiger partial charge on any atom is -0.388 e. The molecule has 3 nitrogen and oxygen atoms in total. The van der Waals surface area contributed by atoms with Crippen LogP contribution in [0.1, 0.15) is 23.6 Å². The SMILES string of the molecule is CNc1cccc(C2CC(c3cc(Cl)cc(Cl)c3)(C(F)(F)F)ON2)c1. The molecule has 1 aliphatic heterocycles. The predicted octanol–water partition coefficient (Wildman–Crippen LogP) is 5.46. The maximum absolute atomic E-state index is 13.9. The summed E-state index contributed by atoms with van der Waals surface area (Å²) in [6.07, 6.45) is -4.98. The van der Waals surface area contributed by atoms with Gasteiger partial charge in [0.05, 0.1) is 6.04 Å². The van der Waals surface area contributed by atoms with Crippen LogP contribution in [0.4, 0.5) is 18.9 Å². The van der Waals surface area contributed by atoms with E-state index in [1.807, 2.05) is 6.07 Å². The van der Waals surface area contributed by atoms with Crippen LogP contribution in [-0.2, 0) is 10.4 Å². The minimum absolute atomic E-state index is 0.121. The normalized spacial score (nSPS) is 23.7. The number of nitrogens with one attached hydrogen (secondary N) is 2. The molecule has 2 atom stereocenters. The molecular weight excluding hydrogens is 376 g/mol. The van der Waals surface area contributed by atoms with Gasteiger partial charge in [0.15, 0.2) is 0 Å². The van der Waals surface area contributed by atoms with E-state index in [0.29, 0.717) is 5.56 Å². The third-order valence-electron chi connectivity index (χ3n) is 4.23. The summed E-state index contributed by atoms with van der Waals surface area (Å²) in [4.78, 5) is 5.13. The van der Waals surface area contributed by atoms with E-state index in [1.165, 1.54) is 18.2 Å². The molecule has 25 heavy (non-hydrogen) atoms. The van der Waals surface area contributed by atoms with Gasteiger partial charge >= 0.3 is 6.18 Å². The van der Waals surface area contributed by atoms with E-state index in [1.54, 1.807) is 25.2 Å². The Morgan fingerprint density at radius 2 is 1.84 bits per heavy atom. The van der Waals surface area contributed by atoms with Crippen molar-refractivity contribution in [3.05, 3.63) is 63.6 Å². The summed E-state index contributed by atoms with van der Waals surface area (Å²) in [5.74, 6) is 0. The number of hydrogen-bond donors (Lipinski definition) is 2. The second-order valence-electron chi connectivity index (χ2n) is 5.83. The van der Waals surface area contributed by atoms with Crippen molar-refractivity contribution < 1.29 is 18.0 Å². The lowest BCUT2D eigenvalue weighted by Gasteiger charge is -2.30. The van der Waals surface area contributed by atoms with E-state index >= 15 is 0 Å². The summed E-state index contributed by atoms with van der Waals surface area (Å²) in [6, 6.07) is 10.3. The first-order chi connectivity index (χ1) is 11.7. The lowest BCUT2D eigenvalue weighted by atomic mass is 9.86. The molecule has 3 rings (SSSR count). The maximum Gasteiger partial charge on any atom is 0.423 e. The lowest BCUT2D eigenvalue weighted by molar-refractivity contribution is -0.282. The van der Waals surface area contributed by atoms with Crippen molar-refractivity contribution in [1.29, 1.82) is 0 Å². The Bertz CT molecular complexity index is 764. The molecule has 2 aromatic carbocycles. The highest BCUT2D eigenvalue weighted by Crippen LogP contribution is 2.51. The molecule has 0 saturated carbocycles. The van der Waals surface area contributed by atoms with Gasteiger partial charge in [-0.05, 0) is 41.5 Å². The number of hydrogen-bond acceptors (Lipinski definition) is 3. The van der Waals surface area contributed by atoms with Gasteiger partial charge in [-0.2, -0.15) is 18.7 Å². The zero-order valence-electron chi connectivity index (χ0n) is 13.1. The average Bonchev–Trinajstić information content (AvgIpc) is 3.00. The van der Waals surface area contributed by atoms with Gasteiger partial charge in [0.25, 0.3) is 0 Å². The molecule has 1 heterocycles. The Labute approximate surface area is 153 Å². The number of alkyl halides is 3. The summed E-state index contributed by atoms with van der Waals surface area (Å²) in [5, 5.41) is 3.20. The zero-order valence-corrected chi connectivity index (χ0v) is 14.6. The quantitative estimate of drug-likeness (QED) is 0.729. The fourth-order valence-corrected chi connectivity index (χ4v) is 3.47. The first kappa shape index (κ1) is 18.3. The van der Waals surface area contributed by atoms with Crippen molar-refractivity contribution >= 4 is 28.9 Å². The predicted molar refractivity (Wildman–Crippen MR) is 91.8 cm³/mol. The van der Waals surface area contributed by atoms with E-state index in [2.05, 4.69) is 10.8 Å². The Kier molecular flexibility index (Phi) is 4.90. The van der Waals surface area contributed by atoms with Crippen LogP contribution in [-0.4, -0.2) is 13.2 Å². The molecule has 0 amide bonds. The fourth-order valence-electron chi connectivity index (χ4n) is 2.94. The monoisotopic (exact) mass is 390 g/mol. The van der Waals surface area contributed by atoms with Crippen molar-refractivity contribution in [1.82, 2.24) is 5.48 Å². The van der Waals surface area contributed by atoms with E-state index in [4.69, 9.17) is 28.0 Å². The molecule has 1 aliphatic rings. The van der Waals surface area contributed by atoms with Crippen LogP contribution >= 0.6 is 23.2 Å². The molecule has 0 spiro atoms. The minimum atomic E-state index is -4.65. The Morgan fingerprint density at radius 1 is 1.16 bits per heavy atom. The summed E-state index contributed by atoms with van der Waals surface area (Å²) in [7, 11) is 1.74. The van der Waals surface area contributed by atoms with Gasteiger partial charge < -0.3 is 5.32 Å². The third kappa shape index (κ3) is 3.44. The van der Waals surface area contributed by atoms with E-state index in [9.17, 15) is 13.2 Å². The number of halogens is 5. The Morgan fingerprint density at radius 3 is 2.44 bits per heavy atom. The van der Waals surface area contributed by atoms with Crippen molar-refractivity contribution in [2.75, 3.05) is 12.4 Å². The molecule has 8 heteroatoms.